The number of β-lactam (4-membered cyclic amide) rings is 1. The van der Waals surface area contributed by atoms with Gasteiger partial charge in [-0.05, 0) is 32.9 Å². The monoisotopic (exact) mass is 394 g/mol. The van der Waals surface area contributed by atoms with E-state index in [1.54, 1.807) is 19.9 Å². The van der Waals surface area contributed by atoms with Crippen molar-refractivity contribution in [2.24, 2.45) is 5.73 Å². The number of hydrogen-bond acceptors (Lipinski definition) is 7. The van der Waals surface area contributed by atoms with E-state index in [-0.39, 0.29) is 0 Å². The molecule has 0 spiro atoms. The quantitative estimate of drug-likeness (QED) is 0.635. The summed E-state index contributed by atoms with van der Waals surface area (Å²) in [5.74, 6) is -2.49. The number of carbonyl (C=O) groups is 3. The van der Waals surface area contributed by atoms with Crippen molar-refractivity contribution >= 4 is 40.9 Å². The molecular formula is C16H18N4O4S2. The van der Waals surface area contributed by atoms with Crippen molar-refractivity contribution in [3.8, 4) is 6.07 Å². The highest BCUT2D eigenvalue weighted by Gasteiger charge is 2.73. The van der Waals surface area contributed by atoms with Crippen LogP contribution in [0.1, 0.15) is 29.6 Å². The lowest BCUT2D eigenvalue weighted by molar-refractivity contribution is -0.165. The molecule has 10 heteroatoms. The lowest BCUT2D eigenvalue weighted by Gasteiger charge is -2.49. The molecular weight excluding hydrogens is 376 g/mol. The summed E-state index contributed by atoms with van der Waals surface area (Å²) in [6.07, 6.45) is 0. The Morgan fingerprint density at radius 1 is 1.46 bits per heavy atom. The normalized spacial score (nSPS) is 30.1. The van der Waals surface area contributed by atoms with E-state index in [1.807, 2.05) is 19.1 Å². The fourth-order valence-electron chi connectivity index (χ4n) is 3.33. The van der Waals surface area contributed by atoms with Crippen molar-refractivity contribution in [1.29, 1.82) is 5.26 Å². The SMILES string of the molecule is Cc1ccc(C(N)C(=O)NC2(C#N)C(=O)N3[C@@H](C(=O)O)C(C)(C)S[C@@H]32)s1. The molecule has 3 heterocycles. The first-order valence-electron chi connectivity index (χ1n) is 7.84. The lowest BCUT2D eigenvalue weighted by Crippen LogP contribution is -2.79. The van der Waals surface area contributed by atoms with Crippen molar-refractivity contribution in [1.82, 2.24) is 10.2 Å². The average molecular weight is 394 g/mol. The Balaban J connectivity index is 1.85. The van der Waals surface area contributed by atoms with E-state index in [2.05, 4.69) is 5.32 Å². The maximum atomic E-state index is 12.7. The molecule has 0 aliphatic carbocycles. The molecule has 1 aromatic rings. The summed E-state index contributed by atoms with van der Waals surface area (Å²) in [6, 6.07) is 3.38. The predicted octanol–water partition coefficient (Wildman–Crippen LogP) is 0.582. The molecule has 2 fully saturated rings. The second kappa shape index (κ2) is 5.97. The van der Waals surface area contributed by atoms with Gasteiger partial charge in [0.25, 0.3) is 5.91 Å². The minimum atomic E-state index is -1.80. The highest BCUT2D eigenvalue weighted by molar-refractivity contribution is 8.01. The van der Waals surface area contributed by atoms with E-state index in [1.165, 1.54) is 23.1 Å². The van der Waals surface area contributed by atoms with Crippen LogP contribution in [0, 0.1) is 18.3 Å². The highest BCUT2D eigenvalue weighted by Crippen LogP contribution is 2.54. The summed E-state index contributed by atoms with van der Waals surface area (Å²) in [6.45, 7) is 5.28. The Morgan fingerprint density at radius 3 is 2.62 bits per heavy atom. The summed E-state index contributed by atoms with van der Waals surface area (Å²) in [7, 11) is 0. The zero-order valence-corrected chi connectivity index (χ0v) is 16.0. The molecule has 0 aromatic carbocycles. The Bertz CT molecular complexity index is 846. The van der Waals surface area contributed by atoms with Crippen LogP contribution in [0.3, 0.4) is 0 Å². The van der Waals surface area contributed by atoms with Gasteiger partial charge in [0.1, 0.15) is 23.5 Å². The maximum Gasteiger partial charge on any atom is 0.327 e. The van der Waals surface area contributed by atoms with Gasteiger partial charge in [-0.15, -0.1) is 23.1 Å². The summed E-state index contributed by atoms with van der Waals surface area (Å²) < 4.78 is -0.789. The van der Waals surface area contributed by atoms with Gasteiger partial charge >= 0.3 is 5.97 Å². The number of carbonyl (C=O) groups excluding carboxylic acids is 2. The zero-order chi connectivity index (χ0) is 19.4. The Morgan fingerprint density at radius 2 is 2.12 bits per heavy atom. The molecule has 1 aromatic heterocycles. The van der Waals surface area contributed by atoms with Gasteiger partial charge in [0, 0.05) is 14.5 Å². The van der Waals surface area contributed by atoms with Gasteiger partial charge in [0.15, 0.2) is 0 Å². The third-order valence-electron chi connectivity index (χ3n) is 4.63. The molecule has 4 N–H and O–H groups in total. The number of hydrogen-bond donors (Lipinski definition) is 3. The number of fused-ring (bicyclic) bond motifs is 1. The first-order chi connectivity index (χ1) is 12.0. The molecule has 8 nitrogen and oxygen atoms in total. The van der Waals surface area contributed by atoms with Gasteiger partial charge in [-0.3, -0.25) is 9.59 Å². The van der Waals surface area contributed by atoms with E-state index in [4.69, 9.17) is 5.73 Å². The molecule has 2 unspecified atom stereocenters. The molecule has 0 bridgehead atoms. The smallest absolute Gasteiger partial charge is 0.327 e. The van der Waals surface area contributed by atoms with E-state index >= 15 is 0 Å². The van der Waals surface area contributed by atoms with Crippen LogP contribution in [0.25, 0.3) is 0 Å². The number of thioether (sulfide) groups is 1. The van der Waals surface area contributed by atoms with Crippen molar-refractivity contribution < 1.29 is 19.5 Å². The number of nitrogens with two attached hydrogens (primary N) is 1. The highest BCUT2D eigenvalue weighted by atomic mass is 32.2. The second-order valence-corrected chi connectivity index (χ2v) is 9.92. The minimum absolute atomic E-state index is 0.625. The number of carboxylic acid groups (broad SMARTS) is 1. The number of thiophene rings is 1. The third kappa shape index (κ3) is 2.50. The van der Waals surface area contributed by atoms with Crippen molar-refractivity contribution in [3.05, 3.63) is 21.9 Å². The van der Waals surface area contributed by atoms with E-state index in [9.17, 15) is 24.8 Å². The number of amides is 2. The molecule has 0 saturated carbocycles. The molecule has 0 radical (unpaired) electrons. The molecule has 2 aliphatic rings. The van der Waals surface area contributed by atoms with Crippen LogP contribution >= 0.6 is 23.1 Å². The molecule has 2 saturated heterocycles. The number of nitrogens with zero attached hydrogens (tertiary/aromatic N) is 2. The Kier molecular flexibility index (Phi) is 4.29. The van der Waals surface area contributed by atoms with Gasteiger partial charge in [-0.2, -0.15) is 5.26 Å². The first-order valence-corrected chi connectivity index (χ1v) is 9.53. The standard InChI is InChI=1S/C16H18N4O4S2/c1-7-4-5-8(25-7)9(18)11(21)19-16(6-17)13(24)20-10(12(22)23)15(2,3)26-14(16)20/h4-5,9-10,14H,18H2,1-3H3,(H,19,21)(H,22,23)/t9?,10-,14+,16?/m0/s1. The van der Waals surface area contributed by atoms with Gasteiger partial charge < -0.3 is 21.1 Å². The van der Waals surface area contributed by atoms with Gasteiger partial charge in [-0.25, -0.2) is 4.79 Å². The predicted molar refractivity (Wildman–Crippen MR) is 96.2 cm³/mol. The maximum absolute atomic E-state index is 12.7. The van der Waals surface area contributed by atoms with Crippen LogP contribution in [0.5, 0.6) is 0 Å². The Hall–Kier alpha value is -2.09. The average Bonchev–Trinajstić information content (AvgIpc) is 3.10. The van der Waals surface area contributed by atoms with E-state index in [0.717, 1.165) is 9.78 Å². The molecule has 3 rings (SSSR count). The zero-order valence-electron chi connectivity index (χ0n) is 14.3. The number of nitriles is 1. The molecule has 26 heavy (non-hydrogen) atoms. The summed E-state index contributed by atoms with van der Waals surface area (Å²) in [5.41, 5.74) is 4.17. The van der Waals surface area contributed by atoms with Crippen LogP contribution < -0.4 is 11.1 Å². The number of aliphatic carboxylic acids is 1. The minimum Gasteiger partial charge on any atom is -0.480 e. The van der Waals surface area contributed by atoms with Crippen LogP contribution in [0.2, 0.25) is 0 Å². The number of carboxylic acids is 1. The van der Waals surface area contributed by atoms with Crippen molar-refractivity contribution in [3.63, 3.8) is 0 Å². The number of nitrogens with one attached hydrogen (secondary N) is 1. The van der Waals surface area contributed by atoms with E-state index < -0.39 is 45.5 Å². The largest absolute Gasteiger partial charge is 0.480 e. The lowest BCUT2D eigenvalue weighted by atomic mass is 9.85. The van der Waals surface area contributed by atoms with Crippen LogP contribution in [0.15, 0.2) is 12.1 Å². The molecule has 2 amide bonds. The fraction of sp³-hybridized carbons (Fsp3) is 0.500. The Labute approximate surface area is 158 Å². The number of rotatable bonds is 4. The second-order valence-electron chi connectivity index (χ2n) is 6.86. The van der Waals surface area contributed by atoms with E-state index in [0.29, 0.717) is 4.88 Å². The molecule has 4 atom stereocenters. The summed E-state index contributed by atoms with van der Waals surface area (Å²) in [5, 5.41) is 20.8. The fourth-order valence-corrected chi connectivity index (χ4v) is 5.84. The van der Waals surface area contributed by atoms with Gasteiger partial charge in [-0.1, -0.05) is 0 Å². The topological polar surface area (TPSA) is 137 Å². The van der Waals surface area contributed by atoms with Crippen molar-refractivity contribution in [2.45, 2.75) is 48.5 Å². The van der Waals surface area contributed by atoms with Crippen molar-refractivity contribution in [2.75, 3.05) is 0 Å². The van der Waals surface area contributed by atoms with Crippen LogP contribution in [0.4, 0.5) is 0 Å². The summed E-state index contributed by atoms with van der Waals surface area (Å²) in [4.78, 5) is 39.6. The van der Waals surface area contributed by atoms with Gasteiger partial charge in [0.2, 0.25) is 11.4 Å². The van der Waals surface area contributed by atoms with Crippen LogP contribution in [-0.2, 0) is 14.4 Å². The van der Waals surface area contributed by atoms with Crippen LogP contribution in [-0.4, -0.2) is 49.5 Å². The van der Waals surface area contributed by atoms with Gasteiger partial charge in [0.05, 0.1) is 0 Å². The molecule has 138 valence electrons. The third-order valence-corrected chi connectivity index (χ3v) is 7.35. The first kappa shape index (κ1) is 18.7. The number of aryl methyl sites for hydroxylation is 1. The summed E-state index contributed by atoms with van der Waals surface area (Å²) >= 11 is 2.55. The molecule has 2 aliphatic heterocycles.